The molecule has 13 nitrogen and oxygen atoms in total. The van der Waals surface area contributed by atoms with Gasteiger partial charge in [0.05, 0.1) is 0 Å². The average Bonchev–Trinajstić information content (AvgIpc) is 3.48. The van der Waals surface area contributed by atoms with E-state index in [1.807, 2.05) is 0 Å². The molecule has 1 aliphatic rings. The SMILES string of the molecule is B[PH]1(OCOC(=O)C(C)(C)C)OC[C@H](C)O[C@@H](n2c(-c3ccco3)nc3c(N)ncnc32)[C@@H](O)CO1. The first kappa shape index (κ1) is 26.5. The standard InChI is InChI=1S/C21H31BN5O8P/c1-12-8-32-36(22,34-11-31-20(29)21(2,3)4)33-9-13(28)19(35-12)27-17(14-6-5-7-30-14)26-15-16(23)24-10-25-18(15)27/h5-7,10,12-13,19,28,36H,8-9,11,22H2,1-4H3,(H2,23,24,25)/t12-,13-,19+/m0/s1. The molecule has 4 rings (SSSR count). The van der Waals surface area contributed by atoms with Gasteiger partial charge in [-0.1, -0.05) is 0 Å². The van der Waals surface area contributed by atoms with Crippen molar-refractivity contribution in [2.24, 2.45) is 5.41 Å². The second-order valence-electron chi connectivity index (χ2n) is 9.55. The molecule has 3 aromatic rings. The van der Waals surface area contributed by atoms with E-state index in [0.717, 1.165) is 0 Å². The number of nitrogens with zero attached hydrogens (tertiary/aromatic N) is 4. The maximum atomic E-state index is 12.1. The van der Waals surface area contributed by atoms with Crippen LogP contribution in [-0.4, -0.2) is 70.4 Å². The number of nitrogens with two attached hydrogens (primary N) is 1. The fourth-order valence-electron chi connectivity index (χ4n) is 3.47. The van der Waals surface area contributed by atoms with Gasteiger partial charge in [-0.3, -0.25) is 0 Å². The number of carbonyl (C=O) groups excluding carboxylic acids is 1. The molecule has 0 unspecified atom stereocenters. The van der Waals surface area contributed by atoms with E-state index in [-0.39, 0.29) is 25.8 Å². The fraction of sp³-hybridized carbons (Fsp3) is 0.524. The van der Waals surface area contributed by atoms with E-state index in [1.165, 1.54) is 12.6 Å². The Hall–Kier alpha value is -2.61. The molecule has 1 saturated heterocycles. The van der Waals surface area contributed by atoms with Crippen LogP contribution in [0, 0.1) is 5.41 Å². The van der Waals surface area contributed by atoms with Crippen molar-refractivity contribution in [1.82, 2.24) is 19.5 Å². The summed E-state index contributed by atoms with van der Waals surface area (Å²) in [4.78, 5) is 25.0. The van der Waals surface area contributed by atoms with Crippen LogP contribution in [0.4, 0.5) is 5.82 Å². The number of carbonyl (C=O) groups is 1. The van der Waals surface area contributed by atoms with Gasteiger partial charge in [0.25, 0.3) is 0 Å². The molecule has 0 radical (unpaired) electrons. The summed E-state index contributed by atoms with van der Waals surface area (Å²) in [5, 5.41) is 11.2. The molecule has 3 N–H and O–H groups in total. The molecule has 3 aromatic heterocycles. The number of aliphatic hydroxyl groups is 1. The Morgan fingerprint density at radius 3 is 2.78 bits per heavy atom. The number of hydrogen-bond donors (Lipinski definition) is 2. The molecule has 0 bridgehead atoms. The Morgan fingerprint density at radius 1 is 1.33 bits per heavy atom. The van der Waals surface area contributed by atoms with Crippen LogP contribution in [-0.2, 0) is 27.8 Å². The Kier molecular flexibility index (Phi) is 7.65. The van der Waals surface area contributed by atoms with Gasteiger partial charge in [-0.15, -0.1) is 0 Å². The molecule has 196 valence electrons. The van der Waals surface area contributed by atoms with Gasteiger partial charge < -0.3 is 0 Å². The van der Waals surface area contributed by atoms with Crippen LogP contribution in [0.15, 0.2) is 29.1 Å². The fourth-order valence-corrected chi connectivity index (χ4v) is 5.00. The predicted octanol–water partition coefficient (Wildman–Crippen LogP) is 1.59. The molecule has 0 amide bonds. The molecule has 1 aliphatic heterocycles. The van der Waals surface area contributed by atoms with Crippen molar-refractivity contribution >= 4 is 38.3 Å². The van der Waals surface area contributed by atoms with Crippen LogP contribution < -0.4 is 5.73 Å². The third-order valence-electron chi connectivity index (χ3n) is 5.42. The Balaban J connectivity index is 1.60. The zero-order valence-corrected chi connectivity index (χ0v) is 21.8. The summed E-state index contributed by atoms with van der Waals surface area (Å²) in [6.45, 7) is 6.57. The number of anilines is 1. The Labute approximate surface area is 209 Å². The van der Waals surface area contributed by atoms with Crippen molar-refractivity contribution in [1.29, 1.82) is 0 Å². The van der Waals surface area contributed by atoms with E-state index in [1.54, 1.807) is 52.0 Å². The molecule has 0 aliphatic carbocycles. The topological polar surface area (TPSA) is 166 Å². The van der Waals surface area contributed by atoms with E-state index in [4.69, 9.17) is 33.2 Å². The zero-order chi connectivity index (χ0) is 26.1. The van der Waals surface area contributed by atoms with E-state index in [9.17, 15) is 9.90 Å². The maximum absolute atomic E-state index is 12.1. The van der Waals surface area contributed by atoms with Gasteiger partial charge in [0.15, 0.2) is 0 Å². The Bertz CT molecular complexity index is 1200. The van der Waals surface area contributed by atoms with Crippen molar-refractivity contribution in [3.63, 3.8) is 0 Å². The minimum atomic E-state index is -3.31. The molecular formula is C21H31BN5O8P. The quantitative estimate of drug-likeness (QED) is 0.215. The molecule has 0 saturated carbocycles. The monoisotopic (exact) mass is 523 g/mol. The number of aromatic nitrogens is 4. The molecule has 3 atom stereocenters. The number of nitrogen functional groups attached to an aromatic ring is 1. The van der Waals surface area contributed by atoms with Crippen LogP contribution in [0.1, 0.15) is 33.9 Å². The van der Waals surface area contributed by atoms with Crippen molar-refractivity contribution in [3.05, 3.63) is 24.7 Å². The first-order valence-corrected chi connectivity index (χ1v) is 13.7. The average molecular weight is 523 g/mol. The van der Waals surface area contributed by atoms with Gasteiger partial charge in [-0.25, -0.2) is 0 Å². The second-order valence-corrected chi connectivity index (χ2v) is 12.1. The van der Waals surface area contributed by atoms with E-state index in [2.05, 4.69) is 15.0 Å². The van der Waals surface area contributed by atoms with Crippen molar-refractivity contribution < 1.29 is 37.4 Å². The van der Waals surface area contributed by atoms with Crippen LogP contribution in [0.3, 0.4) is 0 Å². The minimum absolute atomic E-state index is 0.0962. The predicted molar refractivity (Wildman–Crippen MR) is 133 cm³/mol. The van der Waals surface area contributed by atoms with Gasteiger partial charge >= 0.3 is 209 Å². The van der Waals surface area contributed by atoms with E-state index in [0.29, 0.717) is 22.7 Å². The molecule has 15 heteroatoms. The second kappa shape index (κ2) is 10.4. The number of fused-ring (bicyclic) bond motifs is 1. The molecule has 0 spiro atoms. The van der Waals surface area contributed by atoms with Gasteiger partial charge in [0, 0.05) is 0 Å². The van der Waals surface area contributed by atoms with Crippen LogP contribution >= 0.6 is 7.82 Å². The van der Waals surface area contributed by atoms with Crippen LogP contribution in [0.2, 0.25) is 0 Å². The summed E-state index contributed by atoms with van der Waals surface area (Å²) >= 11 is 0. The van der Waals surface area contributed by atoms with Gasteiger partial charge in [0.2, 0.25) is 0 Å². The van der Waals surface area contributed by atoms with Crippen LogP contribution in [0.25, 0.3) is 22.7 Å². The number of hydrogen-bond acceptors (Lipinski definition) is 12. The summed E-state index contributed by atoms with van der Waals surface area (Å²) in [7, 11) is -1.65. The van der Waals surface area contributed by atoms with E-state index < -0.39 is 37.6 Å². The van der Waals surface area contributed by atoms with Gasteiger partial charge in [-0.05, 0) is 0 Å². The summed E-state index contributed by atoms with van der Waals surface area (Å²) < 4.78 is 36.2. The summed E-state index contributed by atoms with van der Waals surface area (Å²) in [6.07, 6.45) is 0.139. The number of ether oxygens (including phenoxy) is 2. The molecular weight excluding hydrogens is 492 g/mol. The zero-order valence-electron chi connectivity index (χ0n) is 20.8. The number of aliphatic hydroxyl groups excluding tert-OH is 1. The molecule has 36 heavy (non-hydrogen) atoms. The third-order valence-corrected chi connectivity index (χ3v) is 7.45. The van der Waals surface area contributed by atoms with Crippen molar-refractivity contribution in [2.45, 2.75) is 46.1 Å². The van der Waals surface area contributed by atoms with Crippen molar-refractivity contribution in [3.8, 4) is 11.6 Å². The normalized spacial score (nSPS) is 24.0. The summed E-state index contributed by atoms with van der Waals surface area (Å²) in [5.74, 6) is 0.536. The van der Waals surface area contributed by atoms with Crippen molar-refractivity contribution in [2.75, 3.05) is 25.7 Å². The third kappa shape index (κ3) is 5.69. The first-order valence-electron chi connectivity index (χ1n) is 11.4. The summed E-state index contributed by atoms with van der Waals surface area (Å²) in [6, 6.07) is 3.44. The van der Waals surface area contributed by atoms with E-state index >= 15 is 0 Å². The Morgan fingerprint density at radius 2 is 2.08 bits per heavy atom. The van der Waals surface area contributed by atoms with Gasteiger partial charge in [0.1, 0.15) is 0 Å². The molecule has 1 fully saturated rings. The number of esters is 1. The van der Waals surface area contributed by atoms with Gasteiger partial charge in [-0.2, -0.15) is 0 Å². The first-order chi connectivity index (χ1) is 17.0. The molecule has 4 heterocycles. The van der Waals surface area contributed by atoms with Crippen LogP contribution in [0.5, 0.6) is 0 Å². The number of furan rings is 1. The molecule has 0 aromatic carbocycles. The number of imidazole rings is 1. The number of rotatable bonds is 5. The summed E-state index contributed by atoms with van der Waals surface area (Å²) in [5.41, 5.74) is 6.06.